The maximum absolute atomic E-state index is 11.4. The van der Waals surface area contributed by atoms with E-state index < -0.39 is 11.4 Å². The highest BCUT2D eigenvalue weighted by Gasteiger charge is 2.34. The molecule has 6 heteroatoms. The number of carboxylic acids is 1. The Morgan fingerprint density at radius 3 is 2.53 bits per heavy atom. The van der Waals surface area contributed by atoms with Crippen molar-refractivity contribution in [2.45, 2.75) is 26.7 Å². The molecule has 106 valence electrons. The molecule has 0 saturated heterocycles. The summed E-state index contributed by atoms with van der Waals surface area (Å²) in [6.45, 7) is 4.15. The summed E-state index contributed by atoms with van der Waals surface area (Å²) in [6, 6.07) is 1.74. The third kappa shape index (κ3) is 3.56. The lowest BCUT2D eigenvalue weighted by molar-refractivity contribution is -0.148. The molecule has 6 nitrogen and oxygen atoms in total. The Kier molecular flexibility index (Phi) is 5.09. The Labute approximate surface area is 113 Å². The number of aliphatic carboxylic acids is 1. The largest absolute Gasteiger partial charge is 0.481 e. The van der Waals surface area contributed by atoms with Gasteiger partial charge >= 0.3 is 5.97 Å². The second-order valence-electron chi connectivity index (χ2n) is 4.78. The van der Waals surface area contributed by atoms with Crippen LogP contribution < -0.4 is 10.2 Å². The smallest absolute Gasteiger partial charge is 0.311 e. The van der Waals surface area contributed by atoms with Gasteiger partial charge in [0, 0.05) is 26.8 Å². The van der Waals surface area contributed by atoms with Gasteiger partial charge in [0.05, 0.1) is 5.41 Å². The zero-order chi connectivity index (χ0) is 14.5. The van der Waals surface area contributed by atoms with Crippen molar-refractivity contribution in [2.75, 3.05) is 30.9 Å². The Hall–Kier alpha value is -1.85. The van der Waals surface area contributed by atoms with Crippen LogP contribution >= 0.6 is 0 Å². The molecule has 1 aromatic heterocycles. The second-order valence-corrected chi connectivity index (χ2v) is 4.78. The Morgan fingerprint density at radius 2 is 2.05 bits per heavy atom. The summed E-state index contributed by atoms with van der Waals surface area (Å²) >= 11 is 0. The first-order chi connectivity index (χ1) is 8.95. The zero-order valence-electron chi connectivity index (χ0n) is 12.0. The Bertz CT molecular complexity index is 430. The third-order valence-electron chi connectivity index (χ3n) is 3.46. The van der Waals surface area contributed by atoms with Crippen LogP contribution in [-0.4, -0.2) is 41.7 Å². The number of aromatic nitrogens is 2. The standard InChI is InChI=1S/C13H22N4O2/c1-5-13(6-2,11(18)19)9-15-10-7-8-14-12(16-10)17(3)4/h7-8H,5-6,9H2,1-4H3,(H,18,19)(H,14,15,16). The molecule has 19 heavy (non-hydrogen) atoms. The number of hydrogen-bond acceptors (Lipinski definition) is 5. The highest BCUT2D eigenvalue weighted by Crippen LogP contribution is 2.27. The number of carbonyl (C=O) groups is 1. The predicted octanol–water partition coefficient (Wildman–Crippen LogP) is 1.85. The average molecular weight is 266 g/mol. The molecule has 0 unspecified atom stereocenters. The summed E-state index contributed by atoms with van der Waals surface area (Å²) < 4.78 is 0. The quantitative estimate of drug-likeness (QED) is 0.784. The van der Waals surface area contributed by atoms with E-state index in [4.69, 9.17) is 0 Å². The molecule has 0 spiro atoms. The van der Waals surface area contributed by atoms with E-state index >= 15 is 0 Å². The highest BCUT2D eigenvalue weighted by atomic mass is 16.4. The summed E-state index contributed by atoms with van der Waals surface area (Å²) in [5, 5.41) is 12.5. The van der Waals surface area contributed by atoms with Gasteiger partial charge < -0.3 is 15.3 Å². The van der Waals surface area contributed by atoms with Crippen LogP contribution in [0.3, 0.4) is 0 Å². The fourth-order valence-electron chi connectivity index (χ4n) is 1.80. The van der Waals surface area contributed by atoms with Crippen molar-refractivity contribution in [3.8, 4) is 0 Å². The van der Waals surface area contributed by atoms with Gasteiger partial charge in [-0.15, -0.1) is 0 Å². The van der Waals surface area contributed by atoms with E-state index in [0.717, 1.165) is 0 Å². The van der Waals surface area contributed by atoms with Crippen LogP contribution in [0, 0.1) is 5.41 Å². The zero-order valence-corrected chi connectivity index (χ0v) is 12.0. The van der Waals surface area contributed by atoms with Crippen molar-refractivity contribution in [2.24, 2.45) is 5.41 Å². The number of nitrogens with zero attached hydrogens (tertiary/aromatic N) is 3. The number of nitrogens with one attached hydrogen (secondary N) is 1. The van der Waals surface area contributed by atoms with Gasteiger partial charge in [0.1, 0.15) is 5.82 Å². The summed E-state index contributed by atoms with van der Waals surface area (Å²) in [5.74, 6) is 0.469. The van der Waals surface area contributed by atoms with E-state index in [-0.39, 0.29) is 0 Å². The van der Waals surface area contributed by atoms with Crippen LogP contribution in [0.5, 0.6) is 0 Å². The number of hydrogen-bond donors (Lipinski definition) is 2. The second kappa shape index (κ2) is 6.36. The van der Waals surface area contributed by atoms with E-state index in [2.05, 4.69) is 15.3 Å². The van der Waals surface area contributed by atoms with E-state index in [1.807, 2.05) is 27.9 Å². The predicted molar refractivity (Wildman–Crippen MR) is 75.5 cm³/mol. The molecule has 0 amide bonds. The SMILES string of the molecule is CCC(CC)(CNc1ccnc(N(C)C)n1)C(=O)O. The lowest BCUT2D eigenvalue weighted by Gasteiger charge is -2.27. The molecule has 1 aromatic rings. The van der Waals surface area contributed by atoms with E-state index in [1.54, 1.807) is 17.2 Å². The number of anilines is 2. The highest BCUT2D eigenvalue weighted by molar-refractivity contribution is 5.75. The molecule has 0 saturated carbocycles. The van der Waals surface area contributed by atoms with Crippen LogP contribution in [0.1, 0.15) is 26.7 Å². The lowest BCUT2D eigenvalue weighted by Crippen LogP contribution is -2.37. The number of rotatable bonds is 7. The summed E-state index contributed by atoms with van der Waals surface area (Å²) in [6.07, 6.45) is 2.82. The first-order valence-electron chi connectivity index (χ1n) is 6.43. The first-order valence-corrected chi connectivity index (χ1v) is 6.43. The average Bonchev–Trinajstić information content (AvgIpc) is 2.40. The third-order valence-corrected chi connectivity index (χ3v) is 3.46. The molecule has 0 radical (unpaired) electrons. The fourth-order valence-corrected chi connectivity index (χ4v) is 1.80. The van der Waals surface area contributed by atoms with E-state index in [0.29, 0.717) is 31.2 Å². The van der Waals surface area contributed by atoms with Crippen molar-refractivity contribution in [1.82, 2.24) is 9.97 Å². The van der Waals surface area contributed by atoms with Crippen molar-refractivity contribution in [3.63, 3.8) is 0 Å². The van der Waals surface area contributed by atoms with Crippen LogP contribution in [0.25, 0.3) is 0 Å². The number of carboxylic acid groups (broad SMARTS) is 1. The molecule has 2 N–H and O–H groups in total. The molecule has 0 aromatic carbocycles. The van der Waals surface area contributed by atoms with E-state index in [1.165, 1.54) is 0 Å². The minimum atomic E-state index is -0.771. The minimum Gasteiger partial charge on any atom is -0.481 e. The van der Waals surface area contributed by atoms with Crippen LogP contribution in [0.15, 0.2) is 12.3 Å². The summed E-state index contributed by atoms with van der Waals surface area (Å²) in [5.41, 5.74) is -0.747. The molecule has 0 aliphatic carbocycles. The summed E-state index contributed by atoms with van der Waals surface area (Å²) in [4.78, 5) is 21.6. The Balaban J connectivity index is 2.80. The molecule has 0 aliphatic heterocycles. The van der Waals surface area contributed by atoms with Gasteiger partial charge in [0.25, 0.3) is 0 Å². The van der Waals surface area contributed by atoms with Crippen LogP contribution in [-0.2, 0) is 4.79 Å². The molecule has 1 rings (SSSR count). The lowest BCUT2D eigenvalue weighted by atomic mass is 9.82. The van der Waals surface area contributed by atoms with Gasteiger partial charge in [-0.2, -0.15) is 4.98 Å². The van der Waals surface area contributed by atoms with Gasteiger partial charge in [0.15, 0.2) is 0 Å². The maximum atomic E-state index is 11.4. The van der Waals surface area contributed by atoms with E-state index in [9.17, 15) is 9.90 Å². The molecule has 0 atom stereocenters. The molecule has 0 bridgehead atoms. The van der Waals surface area contributed by atoms with Crippen molar-refractivity contribution in [3.05, 3.63) is 12.3 Å². The van der Waals surface area contributed by atoms with Gasteiger partial charge in [-0.25, -0.2) is 4.98 Å². The van der Waals surface area contributed by atoms with Crippen LogP contribution in [0.4, 0.5) is 11.8 Å². The van der Waals surface area contributed by atoms with Crippen LogP contribution in [0.2, 0.25) is 0 Å². The minimum absolute atomic E-state index is 0.360. The monoisotopic (exact) mass is 266 g/mol. The molecule has 0 aliphatic rings. The maximum Gasteiger partial charge on any atom is 0.311 e. The normalized spacial score (nSPS) is 11.2. The topological polar surface area (TPSA) is 78.4 Å². The van der Waals surface area contributed by atoms with Crippen molar-refractivity contribution < 1.29 is 9.90 Å². The van der Waals surface area contributed by atoms with Gasteiger partial charge in [-0.1, -0.05) is 13.8 Å². The summed E-state index contributed by atoms with van der Waals surface area (Å²) in [7, 11) is 3.72. The molecule has 0 fully saturated rings. The van der Waals surface area contributed by atoms with Crippen molar-refractivity contribution in [1.29, 1.82) is 0 Å². The van der Waals surface area contributed by atoms with Gasteiger partial charge in [0.2, 0.25) is 5.95 Å². The first kappa shape index (κ1) is 15.2. The molecular weight excluding hydrogens is 244 g/mol. The van der Waals surface area contributed by atoms with Gasteiger partial charge in [-0.3, -0.25) is 4.79 Å². The Morgan fingerprint density at radius 1 is 1.42 bits per heavy atom. The van der Waals surface area contributed by atoms with Crippen molar-refractivity contribution >= 4 is 17.7 Å². The van der Waals surface area contributed by atoms with Gasteiger partial charge in [-0.05, 0) is 18.9 Å². The fraction of sp³-hybridized carbons (Fsp3) is 0.615. The molecular formula is C13H22N4O2. The molecule has 1 heterocycles.